The fraction of sp³-hybridized carbons (Fsp3) is 0.385. The number of anilines is 1. The van der Waals surface area contributed by atoms with Crippen molar-refractivity contribution in [1.29, 1.82) is 0 Å². The first-order chi connectivity index (χ1) is 8.74. The topological polar surface area (TPSA) is 37.8 Å². The predicted molar refractivity (Wildman–Crippen MR) is 75.4 cm³/mol. The number of rotatable bonds is 2. The summed E-state index contributed by atoms with van der Waals surface area (Å²) in [5.74, 6) is 0.846. The number of nitrogens with zero attached hydrogens (tertiary/aromatic N) is 2. The van der Waals surface area contributed by atoms with Crippen LogP contribution in [0.5, 0.6) is 0 Å². The van der Waals surface area contributed by atoms with Gasteiger partial charge in [0.15, 0.2) is 0 Å². The van der Waals surface area contributed by atoms with Gasteiger partial charge in [-0.15, -0.1) is 11.3 Å². The third-order valence-electron chi connectivity index (χ3n) is 3.31. The number of aryl methyl sites for hydroxylation is 2. The van der Waals surface area contributed by atoms with Crippen molar-refractivity contribution in [3.8, 4) is 0 Å². The van der Waals surface area contributed by atoms with Gasteiger partial charge in [-0.25, -0.2) is 9.97 Å². The van der Waals surface area contributed by atoms with Gasteiger partial charge < -0.3 is 5.32 Å². The number of nitrogens with one attached hydrogen (secondary N) is 1. The first-order valence-corrected chi connectivity index (χ1v) is 7.32. The summed E-state index contributed by atoms with van der Waals surface area (Å²) >= 11 is 7.70. The summed E-state index contributed by atoms with van der Waals surface area (Å²) in [6.45, 7) is 2.00. The van der Waals surface area contributed by atoms with E-state index in [1.807, 2.05) is 18.3 Å². The molecule has 1 aliphatic rings. The van der Waals surface area contributed by atoms with Crippen molar-refractivity contribution < 1.29 is 0 Å². The fourth-order valence-electron chi connectivity index (χ4n) is 2.37. The van der Waals surface area contributed by atoms with Crippen LogP contribution in [0.25, 0.3) is 0 Å². The van der Waals surface area contributed by atoms with Crippen LogP contribution in [0.4, 0.5) is 5.82 Å². The van der Waals surface area contributed by atoms with Gasteiger partial charge in [-0.2, -0.15) is 0 Å². The van der Waals surface area contributed by atoms with Crippen LogP contribution in [0.1, 0.15) is 34.9 Å². The van der Waals surface area contributed by atoms with Gasteiger partial charge >= 0.3 is 0 Å². The number of thiophene rings is 1. The Bertz CT molecular complexity index is 567. The van der Waals surface area contributed by atoms with E-state index in [0.29, 0.717) is 11.3 Å². The molecule has 2 aromatic rings. The number of fused-ring (bicyclic) bond motifs is 1. The smallest absolute Gasteiger partial charge is 0.224 e. The maximum atomic E-state index is 5.85. The molecular formula is C13H14ClN3S. The lowest BCUT2D eigenvalue weighted by atomic mass is 9.94. The molecule has 0 saturated heterocycles. The van der Waals surface area contributed by atoms with Gasteiger partial charge in [0.1, 0.15) is 5.82 Å². The molecule has 3 nitrogen and oxygen atoms in total. The molecule has 3 rings (SSSR count). The second-order valence-corrected chi connectivity index (χ2v) is 5.90. The van der Waals surface area contributed by atoms with Gasteiger partial charge in [-0.3, -0.25) is 0 Å². The summed E-state index contributed by atoms with van der Waals surface area (Å²) in [4.78, 5) is 9.75. The average molecular weight is 280 g/mol. The quantitative estimate of drug-likeness (QED) is 0.845. The number of aromatic nitrogens is 2. The minimum absolute atomic E-state index is 0.296. The largest absolute Gasteiger partial charge is 0.363 e. The Labute approximate surface area is 115 Å². The van der Waals surface area contributed by atoms with Crippen molar-refractivity contribution in [2.75, 3.05) is 5.32 Å². The highest BCUT2D eigenvalue weighted by molar-refractivity contribution is 7.10. The maximum Gasteiger partial charge on any atom is 0.224 e. The van der Waals surface area contributed by atoms with Gasteiger partial charge in [0, 0.05) is 16.6 Å². The van der Waals surface area contributed by atoms with E-state index in [1.165, 1.54) is 23.3 Å². The van der Waals surface area contributed by atoms with E-state index in [9.17, 15) is 0 Å². The van der Waals surface area contributed by atoms with Crippen molar-refractivity contribution in [1.82, 2.24) is 9.97 Å². The third kappa shape index (κ3) is 2.22. The lowest BCUT2D eigenvalue weighted by molar-refractivity contribution is 0.606. The van der Waals surface area contributed by atoms with Crippen LogP contribution in [0.2, 0.25) is 5.28 Å². The highest BCUT2D eigenvalue weighted by atomic mass is 35.5. The molecule has 1 aliphatic carbocycles. The monoisotopic (exact) mass is 279 g/mol. The van der Waals surface area contributed by atoms with Crippen molar-refractivity contribution in [3.63, 3.8) is 0 Å². The third-order valence-corrected chi connectivity index (χ3v) is 4.48. The van der Waals surface area contributed by atoms with Crippen LogP contribution in [-0.4, -0.2) is 9.97 Å². The van der Waals surface area contributed by atoms with E-state index in [4.69, 9.17) is 11.6 Å². The number of hydrogen-bond donors (Lipinski definition) is 1. The predicted octanol–water partition coefficient (Wildman–Crippen LogP) is 3.99. The highest BCUT2D eigenvalue weighted by Gasteiger charge is 2.21. The molecule has 2 aromatic heterocycles. The Morgan fingerprint density at radius 1 is 1.50 bits per heavy atom. The van der Waals surface area contributed by atoms with E-state index >= 15 is 0 Å². The Kier molecular flexibility index (Phi) is 3.22. The Balaban J connectivity index is 1.88. The first kappa shape index (κ1) is 11.9. The number of hydrogen-bond acceptors (Lipinski definition) is 4. The highest BCUT2D eigenvalue weighted by Crippen LogP contribution is 2.35. The molecule has 0 spiro atoms. The zero-order valence-electron chi connectivity index (χ0n) is 10.1. The van der Waals surface area contributed by atoms with Gasteiger partial charge in [0.25, 0.3) is 0 Å². The first-order valence-electron chi connectivity index (χ1n) is 6.06. The number of halogens is 1. The van der Waals surface area contributed by atoms with Crippen LogP contribution in [0.3, 0.4) is 0 Å². The summed E-state index contributed by atoms with van der Waals surface area (Å²) in [5.41, 5.74) is 2.45. The molecule has 0 bridgehead atoms. The normalized spacial score (nSPS) is 18.4. The molecule has 0 radical (unpaired) electrons. The van der Waals surface area contributed by atoms with E-state index in [1.54, 1.807) is 6.20 Å². The van der Waals surface area contributed by atoms with Gasteiger partial charge in [-0.1, -0.05) is 0 Å². The van der Waals surface area contributed by atoms with E-state index in [-0.39, 0.29) is 0 Å². The molecule has 1 unspecified atom stereocenters. The molecule has 0 saturated carbocycles. The summed E-state index contributed by atoms with van der Waals surface area (Å²) < 4.78 is 0. The SMILES string of the molecule is Cc1cnc(Cl)nc1NC1CCCc2sccc21. The zero-order chi connectivity index (χ0) is 12.5. The Morgan fingerprint density at radius 2 is 2.39 bits per heavy atom. The van der Waals surface area contributed by atoms with Crippen LogP contribution < -0.4 is 5.32 Å². The summed E-state index contributed by atoms with van der Waals surface area (Å²) in [7, 11) is 0. The fourth-order valence-corrected chi connectivity index (χ4v) is 3.49. The molecule has 5 heteroatoms. The molecule has 0 aromatic carbocycles. The Hall–Kier alpha value is -1.13. The van der Waals surface area contributed by atoms with Crippen LogP contribution in [0.15, 0.2) is 17.6 Å². The molecular weight excluding hydrogens is 266 g/mol. The van der Waals surface area contributed by atoms with E-state index < -0.39 is 0 Å². The van der Waals surface area contributed by atoms with Crippen molar-refractivity contribution in [2.24, 2.45) is 0 Å². The van der Waals surface area contributed by atoms with Crippen LogP contribution >= 0.6 is 22.9 Å². The molecule has 1 N–H and O–H groups in total. The zero-order valence-corrected chi connectivity index (χ0v) is 11.7. The minimum Gasteiger partial charge on any atom is -0.363 e. The van der Waals surface area contributed by atoms with E-state index in [0.717, 1.165) is 17.8 Å². The second kappa shape index (κ2) is 4.86. The summed E-state index contributed by atoms with van der Waals surface area (Å²) in [5, 5.41) is 5.97. The van der Waals surface area contributed by atoms with Crippen LogP contribution in [-0.2, 0) is 6.42 Å². The molecule has 0 amide bonds. The minimum atomic E-state index is 0.296. The molecule has 1 atom stereocenters. The molecule has 18 heavy (non-hydrogen) atoms. The van der Waals surface area contributed by atoms with Crippen molar-refractivity contribution >= 4 is 28.8 Å². The van der Waals surface area contributed by atoms with Gasteiger partial charge in [0.05, 0.1) is 6.04 Å². The standard InChI is InChI=1S/C13H14ClN3S/c1-8-7-15-13(14)17-12(8)16-10-3-2-4-11-9(10)5-6-18-11/h5-7,10H,2-4H2,1H3,(H,15,16,17). The molecule has 0 fully saturated rings. The second-order valence-electron chi connectivity index (χ2n) is 4.56. The molecule has 2 heterocycles. The van der Waals surface area contributed by atoms with Crippen molar-refractivity contribution in [3.05, 3.63) is 38.9 Å². The summed E-state index contributed by atoms with van der Waals surface area (Å²) in [6.07, 6.45) is 5.33. The average Bonchev–Trinajstić information content (AvgIpc) is 2.83. The molecule has 0 aliphatic heterocycles. The van der Waals surface area contributed by atoms with E-state index in [2.05, 4.69) is 26.7 Å². The van der Waals surface area contributed by atoms with Crippen LogP contribution in [0, 0.1) is 6.92 Å². The maximum absolute atomic E-state index is 5.85. The molecule has 94 valence electrons. The lowest BCUT2D eigenvalue weighted by Crippen LogP contribution is -2.17. The summed E-state index contributed by atoms with van der Waals surface area (Å²) in [6, 6.07) is 2.57. The lowest BCUT2D eigenvalue weighted by Gasteiger charge is -2.24. The van der Waals surface area contributed by atoms with Gasteiger partial charge in [-0.05, 0) is 54.8 Å². The Morgan fingerprint density at radius 3 is 3.28 bits per heavy atom. The van der Waals surface area contributed by atoms with Crippen molar-refractivity contribution in [2.45, 2.75) is 32.2 Å². The van der Waals surface area contributed by atoms with Gasteiger partial charge in [0.2, 0.25) is 5.28 Å².